The van der Waals surface area contributed by atoms with Crippen molar-refractivity contribution in [3.8, 4) is 0 Å². The van der Waals surface area contributed by atoms with Gasteiger partial charge in [-0.2, -0.15) is 0 Å². The molecule has 17 heavy (non-hydrogen) atoms. The van der Waals surface area contributed by atoms with Crippen molar-refractivity contribution < 1.29 is 14.3 Å². The van der Waals surface area contributed by atoms with E-state index in [2.05, 4.69) is 5.32 Å². The van der Waals surface area contributed by atoms with Crippen molar-refractivity contribution in [1.82, 2.24) is 5.32 Å². The fraction of sp³-hybridized carbons (Fsp3) is 0.917. The maximum Gasteiger partial charge on any atom is 0.249 e. The first-order valence-corrected chi connectivity index (χ1v) is 6.37. The minimum Gasteiger partial charge on any atom is -0.376 e. The van der Waals surface area contributed by atoms with Gasteiger partial charge in [0.05, 0.1) is 11.7 Å². The second-order valence-electron chi connectivity index (χ2n) is 5.02. The predicted molar refractivity (Wildman–Crippen MR) is 63.6 cm³/mol. The van der Waals surface area contributed by atoms with Crippen LogP contribution in [0.4, 0.5) is 0 Å². The molecule has 5 heteroatoms. The van der Waals surface area contributed by atoms with Crippen LogP contribution in [0.1, 0.15) is 32.1 Å². The molecule has 1 amide bonds. The van der Waals surface area contributed by atoms with E-state index in [1.165, 1.54) is 6.42 Å². The predicted octanol–water partition coefficient (Wildman–Crippen LogP) is 0.178. The highest BCUT2D eigenvalue weighted by Gasteiger charge is 2.38. The maximum atomic E-state index is 11.9. The van der Waals surface area contributed by atoms with Crippen LogP contribution in [0.2, 0.25) is 0 Å². The maximum absolute atomic E-state index is 11.9. The zero-order valence-electron chi connectivity index (χ0n) is 10.4. The van der Waals surface area contributed by atoms with Crippen LogP contribution in [-0.2, 0) is 14.3 Å². The van der Waals surface area contributed by atoms with Gasteiger partial charge in [-0.3, -0.25) is 4.79 Å². The number of nitrogens with two attached hydrogens (primary N) is 1. The summed E-state index contributed by atoms with van der Waals surface area (Å²) in [4.78, 5) is 11.9. The molecule has 0 radical (unpaired) electrons. The first-order chi connectivity index (χ1) is 8.19. The number of carbonyl (C=O) groups excluding carboxylic acids is 1. The summed E-state index contributed by atoms with van der Waals surface area (Å²) in [6.45, 7) is 1.08. The average molecular weight is 242 g/mol. The van der Waals surface area contributed by atoms with E-state index in [-0.39, 0.29) is 23.7 Å². The lowest BCUT2D eigenvalue weighted by Gasteiger charge is -2.40. The summed E-state index contributed by atoms with van der Waals surface area (Å²) in [7, 11) is 1.71. The highest BCUT2D eigenvalue weighted by Crippen LogP contribution is 2.34. The number of hydrogen-bond acceptors (Lipinski definition) is 4. The Morgan fingerprint density at radius 1 is 1.53 bits per heavy atom. The molecule has 2 unspecified atom stereocenters. The van der Waals surface area contributed by atoms with E-state index in [0.717, 1.165) is 25.7 Å². The van der Waals surface area contributed by atoms with Crippen molar-refractivity contribution in [3.05, 3.63) is 0 Å². The molecule has 3 N–H and O–H groups in total. The molecule has 2 rings (SSSR count). The number of ether oxygens (including phenoxy) is 2. The number of rotatable bonds is 5. The summed E-state index contributed by atoms with van der Waals surface area (Å²) in [6, 6.07) is 0. The Bertz CT molecular complexity index is 273. The van der Waals surface area contributed by atoms with Crippen LogP contribution in [0.25, 0.3) is 0 Å². The first kappa shape index (κ1) is 12.8. The van der Waals surface area contributed by atoms with Gasteiger partial charge in [-0.05, 0) is 32.1 Å². The summed E-state index contributed by atoms with van der Waals surface area (Å²) in [5, 5.41) is 2.93. The van der Waals surface area contributed by atoms with E-state index < -0.39 is 0 Å². The fourth-order valence-corrected chi connectivity index (χ4v) is 2.46. The molecule has 1 heterocycles. The average Bonchev–Trinajstić information content (AvgIpc) is 2.76. The van der Waals surface area contributed by atoms with Crippen LogP contribution in [0.3, 0.4) is 0 Å². The SMILES string of the molecule is COC1(CNC(=O)C2CCC(CN)O2)CCC1. The molecule has 0 aromatic heterocycles. The lowest BCUT2D eigenvalue weighted by atomic mass is 9.80. The monoisotopic (exact) mass is 242 g/mol. The van der Waals surface area contributed by atoms with Crippen molar-refractivity contribution in [3.63, 3.8) is 0 Å². The van der Waals surface area contributed by atoms with Gasteiger partial charge in [0.2, 0.25) is 5.91 Å². The van der Waals surface area contributed by atoms with Gasteiger partial charge in [0.25, 0.3) is 0 Å². The minimum absolute atomic E-state index is 0.0238. The smallest absolute Gasteiger partial charge is 0.249 e. The summed E-state index contributed by atoms with van der Waals surface area (Å²) in [6.07, 6.45) is 4.61. The van der Waals surface area contributed by atoms with E-state index in [1.54, 1.807) is 7.11 Å². The highest BCUT2D eigenvalue weighted by molar-refractivity contribution is 5.81. The van der Waals surface area contributed by atoms with Gasteiger partial charge in [0, 0.05) is 20.2 Å². The highest BCUT2D eigenvalue weighted by atomic mass is 16.5. The van der Waals surface area contributed by atoms with E-state index in [1.807, 2.05) is 0 Å². The summed E-state index contributed by atoms with van der Waals surface area (Å²) in [5.74, 6) is -0.0238. The number of hydrogen-bond donors (Lipinski definition) is 2. The van der Waals surface area contributed by atoms with Crippen molar-refractivity contribution in [2.24, 2.45) is 5.73 Å². The third-order valence-corrected chi connectivity index (χ3v) is 3.95. The van der Waals surface area contributed by atoms with E-state index >= 15 is 0 Å². The lowest BCUT2D eigenvalue weighted by Crippen LogP contribution is -2.51. The van der Waals surface area contributed by atoms with Crippen molar-refractivity contribution in [2.45, 2.75) is 49.9 Å². The number of nitrogens with one attached hydrogen (secondary N) is 1. The van der Waals surface area contributed by atoms with Crippen molar-refractivity contribution in [1.29, 1.82) is 0 Å². The molecule has 1 saturated heterocycles. The van der Waals surface area contributed by atoms with Gasteiger partial charge < -0.3 is 20.5 Å². The number of methoxy groups -OCH3 is 1. The molecule has 0 aromatic rings. The van der Waals surface area contributed by atoms with Crippen LogP contribution in [0.5, 0.6) is 0 Å². The Balaban J connectivity index is 1.74. The Hall–Kier alpha value is -0.650. The molecule has 1 aliphatic carbocycles. The number of amides is 1. The van der Waals surface area contributed by atoms with Crippen LogP contribution in [0.15, 0.2) is 0 Å². The van der Waals surface area contributed by atoms with Gasteiger partial charge in [-0.15, -0.1) is 0 Å². The second kappa shape index (κ2) is 5.33. The molecule has 5 nitrogen and oxygen atoms in total. The van der Waals surface area contributed by atoms with Gasteiger partial charge in [0.15, 0.2) is 0 Å². The van der Waals surface area contributed by atoms with Crippen molar-refractivity contribution in [2.75, 3.05) is 20.2 Å². The molecule has 1 saturated carbocycles. The van der Waals surface area contributed by atoms with Crippen LogP contribution >= 0.6 is 0 Å². The molecule has 2 aliphatic rings. The third kappa shape index (κ3) is 2.78. The standard InChI is InChI=1S/C12H22N2O3/c1-16-12(5-2-6-12)8-14-11(15)10-4-3-9(7-13)17-10/h9-10H,2-8,13H2,1H3,(H,14,15). The quantitative estimate of drug-likeness (QED) is 0.721. The molecule has 98 valence electrons. The Morgan fingerprint density at radius 3 is 2.76 bits per heavy atom. The molecule has 0 spiro atoms. The topological polar surface area (TPSA) is 73.6 Å². The Morgan fingerprint density at radius 2 is 2.29 bits per heavy atom. The zero-order valence-corrected chi connectivity index (χ0v) is 10.4. The van der Waals surface area contributed by atoms with Crippen molar-refractivity contribution >= 4 is 5.91 Å². The van der Waals surface area contributed by atoms with Crippen LogP contribution < -0.4 is 11.1 Å². The van der Waals surface area contributed by atoms with E-state index in [9.17, 15) is 4.79 Å². The van der Waals surface area contributed by atoms with Gasteiger partial charge in [0.1, 0.15) is 6.10 Å². The first-order valence-electron chi connectivity index (χ1n) is 6.37. The van der Waals surface area contributed by atoms with Crippen LogP contribution in [0, 0.1) is 0 Å². The second-order valence-corrected chi connectivity index (χ2v) is 5.02. The zero-order chi connectivity index (χ0) is 12.3. The molecule has 0 bridgehead atoms. The summed E-state index contributed by atoms with van der Waals surface area (Å²) >= 11 is 0. The van der Waals surface area contributed by atoms with Gasteiger partial charge in [-0.25, -0.2) is 0 Å². The summed E-state index contributed by atoms with van der Waals surface area (Å²) < 4.78 is 11.0. The fourth-order valence-electron chi connectivity index (χ4n) is 2.46. The molecule has 2 fully saturated rings. The largest absolute Gasteiger partial charge is 0.376 e. The molecule has 2 atom stereocenters. The molecular formula is C12H22N2O3. The minimum atomic E-state index is -0.322. The number of carbonyl (C=O) groups is 1. The normalized spacial score (nSPS) is 30.9. The van der Waals surface area contributed by atoms with E-state index in [0.29, 0.717) is 13.1 Å². The molecular weight excluding hydrogens is 220 g/mol. The lowest BCUT2D eigenvalue weighted by molar-refractivity contribution is -0.135. The van der Waals surface area contributed by atoms with Gasteiger partial charge >= 0.3 is 0 Å². The Labute approximate surface area is 102 Å². The Kier molecular flexibility index (Phi) is 4.01. The molecule has 0 aromatic carbocycles. The third-order valence-electron chi connectivity index (χ3n) is 3.95. The van der Waals surface area contributed by atoms with Gasteiger partial charge in [-0.1, -0.05) is 0 Å². The van der Waals surface area contributed by atoms with Crippen LogP contribution in [-0.4, -0.2) is 43.9 Å². The summed E-state index contributed by atoms with van der Waals surface area (Å²) in [5.41, 5.74) is 5.39. The van der Waals surface area contributed by atoms with E-state index in [4.69, 9.17) is 15.2 Å². The molecule has 1 aliphatic heterocycles.